The van der Waals surface area contributed by atoms with Crippen LogP contribution in [0.1, 0.15) is 22.8 Å². The van der Waals surface area contributed by atoms with Gasteiger partial charge in [0.15, 0.2) is 0 Å². The van der Waals surface area contributed by atoms with Crippen LogP contribution in [0.25, 0.3) is 22.2 Å². The number of imidazole rings is 1. The average molecular weight is 333 g/mol. The van der Waals surface area contributed by atoms with E-state index in [-0.39, 0.29) is 0 Å². The van der Waals surface area contributed by atoms with Gasteiger partial charge in [-0.15, -0.1) is 0 Å². The molecule has 0 atom stereocenters. The van der Waals surface area contributed by atoms with E-state index in [0.29, 0.717) is 0 Å². The van der Waals surface area contributed by atoms with E-state index in [9.17, 15) is 0 Å². The molecule has 0 saturated carbocycles. The predicted octanol–water partition coefficient (Wildman–Crippen LogP) is 4.59. The molecule has 0 fully saturated rings. The third-order valence-electron chi connectivity index (χ3n) is 4.29. The monoisotopic (exact) mass is 333 g/mol. The van der Waals surface area contributed by atoms with Gasteiger partial charge >= 0.3 is 0 Å². The molecule has 4 aromatic rings. The summed E-state index contributed by atoms with van der Waals surface area (Å²) >= 11 is 0. The molecule has 1 aromatic carbocycles. The van der Waals surface area contributed by atoms with E-state index in [1.54, 1.807) is 6.20 Å². The molecule has 126 valence electrons. The highest BCUT2D eigenvalue weighted by atomic mass is 16.5. The summed E-state index contributed by atoms with van der Waals surface area (Å²) in [5.41, 5.74) is 6.74. The zero-order valence-electron chi connectivity index (χ0n) is 14.6. The number of nitrogens with zero attached hydrogens (tertiary/aromatic N) is 3. The van der Waals surface area contributed by atoms with E-state index >= 15 is 0 Å². The molecule has 0 bridgehead atoms. The maximum atomic E-state index is 5.34. The first-order valence-electron chi connectivity index (χ1n) is 8.15. The quantitative estimate of drug-likeness (QED) is 0.573. The summed E-state index contributed by atoms with van der Waals surface area (Å²) in [5.74, 6) is 2.49. The van der Waals surface area contributed by atoms with Gasteiger partial charge in [-0.3, -0.25) is 0 Å². The highest BCUT2D eigenvalue weighted by molar-refractivity contribution is 5.95. The Morgan fingerprint density at radius 3 is 2.68 bits per heavy atom. The number of fused-ring (bicyclic) bond motifs is 1. The molecule has 0 unspecified atom stereocenters. The van der Waals surface area contributed by atoms with Crippen molar-refractivity contribution in [3.05, 3.63) is 53.3 Å². The summed E-state index contributed by atoms with van der Waals surface area (Å²) < 4.78 is 5.34. The lowest BCUT2D eigenvalue weighted by Crippen LogP contribution is -1.97. The van der Waals surface area contributed by atoms with Crippen LogP contribution in [0.3, 0.4) is 0 Å². The molecule has 0 spiro atoms. The number of pyridine rings is 1. The standard InChI is InChI=1S/C19H19N5O/c1-10-6-5-7-20-19(10)23-16-9-14(17-11(2)24-25-12(17)3)8-15-18(16)22-13(4)21-15/h5-9H,1-4H3,(H,20,23)(H,21,22). The van der Waals surface area contributed by atoms with E-state index in [1.165, 1.54) is 0 Å². The topological polar surface area (TPSA) is 79.6 Å². The van der Waals surface area contributed by atoms with E-state index in [2.05, 4.69) is 37.6 Å². The molecule has 0 amide bonds. The molecule has 0 radical (unpaired) electrons. The molecule has 25 heavy (non-hydrogen) atoms. The number of aromatic amines is 1. The molecule has 4 rings (SSSR count). The molecular formula is C19H19N5O. The van der Waals surface area contributed by atoms with Gasteiger partial charge in [-0.2, -0.15) is 0 Å². The smallest absolute Gasteiger partial charge is 0.141 e. The Balaban J connectivity index is 1.92. The second-order valence-electron chi connectivity index (χ2n) is 6.24. The zero-order valence-corrected chi connectivity index (χ0v) is 14.6. The first kappa shape index (κ1) is 15.4. The van der Waals surface area contributed by atoms with Crippen LogP contribution < -0.4 is 5.32 Å². The summed E-state index contributed by atoms with van der Waals surface area (Å²) in [6.45, 7) is 7.85. The Kier molecular flexibility index (Phi) is 3.53. The number of rotatable bonds is 3. The molecule has 3 heterocycles. The summed E-state index contributed by atoms with van der Waals surface area (Å²) in [6.07, 6.45) is 1.78. The van der Waals surface area contributed by atoms with Crippen molar-refractivity contribution in [1.82, 2.24) is 20.1 Å². The number of benzene rings is 1. The van der Waals surface area contributed by atoms with Crippen molar-refractivity contribution >= 4 is 22.5 Å². The van der Waals surface area contributed by atoms with E-state index in [1.807, 2.05) is 39.8 Å². The molecule has 0 aliphatic rings. The molecule has 3 aromatic heterocycles. The van der Waals surface area contributed by atoms with Crippen LogP contribution in [0, 0.1) is 27.7 Å². The van der Waals surface area contributed by atoms with E-state index < -0.39 is 0 Å². The maximum absolute atomic E-state index is 5.34. The molecule has 6 heteroatoms. The van der Waals surface area contributed by atoms with Crippen LogP contribution in [0.2, 0.25) is 0 Å². The highest BCUT2D eigenvalue weighted by Crippen LogP contribution is 2.34. The van der Waals surface area contributed by atoms with Crippen molar-refractivity contribution in [2.45, 2.75) is 27.7 Å². The number of hydrogen-bond donors (Lipinski definition) is 2. The Hall–Kier alpha value is -3.15. The fourth-order valence-corrected chi connectivity index (χ4v) is 3.12. The highest BCUT2D eigenvalue weighted by Gasteiger charge is 2.16. The number of aryl methyl sites for hydroxylation is 4. The summed E-state index contributed by atoms with van der Waals surface area (Å²) in [7, 11) is 0. The molecular weight excluding hydrogens is 314 g/mol. The number of hydrogen-bond acceptors (Lipinski definition) is 5. The van der Waals surface area contributed by atoms with Crippen LogP contribution in [0.4, 0.5) is 11.5 Å². The number of aromatic nitrogens is 4. The van der Waals surface area contributed by atoms with Crippen molar-refractivity contribution in [3.8, 4) is 11.1 Å². The van der Waals surface area contributed by atoms with Crippen molar-refractivity contribution in [2.24, 2.45) is 0 Å². The Labute approximate surface area is 145 Å². The largest absolute Gasteiger partial charge is 0.361 e. The molecule has 2 N–H and O–H groups in total. The lowest BCUT2D eigenvalue weighted by atomic mass is 10.0. The SMILES string of the molecule is Cc1nc2c(Nc3ncccc3C)cc(-c3c(C)noc3C)cc2[nH]1. The minimum atomic E-state index is 0.799. The van der Waals surface area contributed by atoms with Gasteiger partial charge in [-0.1, -0.05) is 11.2 Å². The van der Waals surface area contributed by atoms with Gasteiger partial charge in [0, 0.05) is 11.8 Å². The van der Waals surface area contributed by atoms with Crippen molar-refractivity contribution in [2.75, 3.05) is 5.32 Å². The molecule has 0 saturated heterocycles. The fourth-order valence-electron chi connectivity index (χ4n) is 3.12. The first-order valence-corrected chi connectivity index (χ1v) is 8.15. The summed E-state index contributed by atoms with van der Waals surface area (Å²) in [6, 6.07) is 8.11. The molecule has 0 aliphatic carbocycles. The maximum Gasteiger partial charge on any atom is 0.141 e. The van der Waals surface area contributed by atoms with Gasteiger partial charge in [-0.05, 0) is 57.0 Å². The Bertz CT molecular complexity index is 1060. The van der Waals surface area contributed by atoms with Crippen LogP contribution in [0.15, 0.2) is 35.0 Å². The number of anilines is 2. The van der Waals surface area contributed by atoms with E-state index in [4.69, 9.17) is 4.52 Å². The fraction of sp³-hybridized carbons (Fsp3) is 0.211. The minimum absolute atomic E-state index is 0.799. The first-order chi connectivity index (χ1) is 12.0. The Morgan fingerprint density at radius 1 is 1.12 bits per heavy atom. The number of nitrogens with one attached hydrogen (secondary N) is 2. The normalized spacial score (nSPS) is 11.2. The Morgan fingerprint density at radius 2 is 1.96 bits per heavy atom. The molecule has 0 aliphatic heterocycles. The number of H-pyrrole nitrogens is 1. The van der Waals surface area contributed by atoms with Crippen LogP contribution in [-0.4, -0.2) is 20.1 Å². The van der Waals surface area contributed by atoms with Gasteiger partial charge in [0.2, 0.25) is 0 Å². The van der Waals surface area contributed by atoms with Gasteiger partial charge in [0.05, 0.1) is 16.9 Å². The third kappa shape index (κ3) is 2.65. The lowest BCUT2D eigenvalue weighted by molar-refractivity contribution is 0.393. The van der Waals surface area contributed by atoms with Crippen molar-refractivity contribution in [3.63, 3.8) is 0 Å². The second kappa shape index (κ2) is 5.73. The van der Waals surface area contributed by atoms with Gasteiger partial charge in [-0.25, -0.2) is 9.97 Å². The van der Waals surface area contributed by atoms with Crippen LogP contribution >= 0.6 is 0 Å². The third-order valence-corrected chi connectivity index (χ3v) is 4.29. The van der Waals surface area contributed by atoms with Gasteiger partial charge in [0.25, 0.3) is 0 Å². The summed E-state index contributed by atoms with van der Waals surface area (Å²) in [4.78, 5) is 12.4. The van der Waals surface area contributed by atoms with Crippen LogP contribution in [-0.2, 0) is 0 Å². The van der Waals surface area contributed by atoms with Gasteiger partial charge in [0.1, 0.15) is 22.9 Å². The molecule has 6 nitrogen and oxygen atoms in total. The lowest BCUT2D eigenvalue weighted by Gasteiger charge is -2.11. The second-order valence-corrected chi connectivity index (χ2v) is 6.24. The summed E-state index contributed by atoms with van der Waals surface area (Å²) in [5, 5.41) is 7.50. The minimum Gasteiger partial charge on any atom is -0.361 e. The predicted molar refractivity (Wildman–Crippen MR) is 98.1 cm³/mol. The van der Waals surface area contributed by atoms with Gasteiger partial charge < -0.3 is 14.8 Å². The van der Waals surface area contributed by atoms with Crippen molar-refractivity contribution in [1.29, 1.82) is 0 Å². The van der Waals surface area contributed by atoms with Crippen molar-refractivity contribution < 1.29 is 4.52 Å². The van der Waals surface area contributed by atoms with Crippen LogP contribution in [0.5, 0.6) is 0 Å². The zero-order chi connectivity index (χ0) is 17.6. The average Bonchev–Trinajstić information content (AvgIpc) is 3.11. The van der Waals surface area contributed by atoms with E-state index in [0.717, 1.165) is 56.5 Å².